The van der Waals surface area contributed by atoms with E-state index in [1.165, 1.54) is 5.69 Å². The highest BCUT2D eigenvalue weighted by atomic mass is 16.5. The Balaban J connectivity index is 1.34. The minimum atomic E-state index is -0.515. The van der Waals surface area contributed by atoms with Crippen LogP contribution in [0, 0.1) is 5.92 Å². The molecule has 0 saturated heterocycles. The summed E-state index contributed by atoms with van der Waals surface area (Å²) in [7, 11) is 1.98. The highest BCUT2D eigenvalue weighted by Crippen LogP contribution is 2.31. The molecule has 0 radical (unpaired) electrons. The maximum absolute atomic E-state index is 12.6. The molecule has 2 aromatic rings. The second-order valence-corrected chi connectivity index (χ2v) is 8.15. The summed E-state index contributed by atoms with van der Waals surface area (Å²) < 4.78 is 7.97. The van der Waals surface area contributed by atoms with Crippen molar-refractivity contribution in [1.82, 2.24) is 20.0 Å². The van der Waals surface area contributed by atoms with Gasteiger partial charge in [-0.3, -0.25) is 14.4 Å². The number of aromatic nitrogens is 2. The van der Waals surface area contributed by atoms with Gasteiger partial charge in [-0.2, -0.15) is 5.10 Å². The minimum Gasteiger partial charge on any atom is -0.477 e. The molecule has 0 bridgehead atoms. The van der Waals surface area contributed by atoms with Crippen molar-refractivity contribution in [3.63, 3.8) is 0 Å². The van der Waals surface area contributed by atoms with Crippen LogP contribution in [0.1, 0.15) is 25.2 Å². The van der Waals surface area contributed by atoms with Crippen LogP contribution in [0.4, 0.5) is 5.69 Å². The van der Waals surface area contributed by atoms with Gasteiger partial charge in [-0.15, -0.1) is 0 Å². The molecule has 1 N–H and O–H groups in total. The molecule has 2 aliphatic rings. The number of amides is 1. The zero-order chi connectivity index (χ0) is 19.7. The van der Waals surface area contributed by atoms with E-state index < -0.39 is 6.10 Å². The SMILES string of the molecule is CC(C)CN1CCn2nc(CNC(=O)[C@H]3CN(C)c4ccccc4O3)cc2C1. The number of fused-ring (bicyclic) bond motifs is 2. The lowest BCUT2D eigenvalue weighted by molar-refractivity contribution is -0.128. The van der Waals surface area contributed by atoms with E-state index >= 15 is 0 Å². The van der Waals surface area contributed by atoms with Crippen LogP contribution in [0.5, 0.6) is 5.75 Å². The van der Waals surface area contributed by atoms with Gasteiger partial charge in [0.25, 0.3) is 5.91 Å². The van der Waals surface area contributed by atoms with Crippen LogP contribution < -0.4 is 15.0 Å². The summed E-state index contributed by atoms with van der Waals surface area (Å²) in [6.45, 7) is 9.41. The Kier molecular flexibility index (Phi) is 5.26. The standard InChI is InChI=1S/C21H29N5O2/c1-15(2)12-25-8-9-26-17(13-25)10-16(23-26)11-22-21(27)20-14-24(3)18-6-4-5-7-19(18)28-20/h4-7,10,15,20H,8-9,11-14H2,1-3H3,(H,22,27)/t20-/m1/s1. The molecule has 0 spiro atoms. The van der Waals surface area contributed by atoms with Crippen molar-refractivity contribution in [2.45, 2.75) is 39.6 Å². The number of nitrogens with one attached hydrogen (secondary N) is 1. The van der Waals surface area contributed by atoms with Gasteiger partial charge in [0.05, 0.1) is 36.7 Å². The highest BCUT2D eigenvalue weighted by Gasteiger charge is 2.29. The van der Waals surface area contributed by atoms with Gasteiger partial charge < -0.3 is 15.0 Å². The molecule has 2 aliphatic heterocycles. The van der Waals surface area contributed by atoms with E-state index in [2.05, 4.69) is 44.8 Å². The Labute approximate surface area is 166 Å². The van der Waals surface area contributed by atoms with E-state index in [4.69, 9.17) is 4.74 Å². The largest absolute Gasteiger partial charge is 0.477 e. The predicted molar refractivity (Wildman–Crippen MR) is 108 cm³/mol. The van der Waals surface area contributed by atoms with Crippen LogP contribution in [-0.2, 0) is 24.4 Å². The molecule has 150 valence electrons. The van der Waals surface area contributed by atoms with Crippen LogP contribution in [-0.4, -0.2) is 53.4 Å². The summed E-state index contributed by atoms with van der Waals surface area (Å²) in [6.07, 6.45) is -0.515. The Morgan fingerprint density at radius 1 is 1.32 bits per heavy atom. The minimum absolute atomic E-state index is 0.103. The number of benzene rings is 1. The first-order valence-corrected chi connectivity index (χ1v) is 10.0. The Hall–Kier alpha value is -2.54. The summed E-state index contributed by atoms with van der Waals surface area (Å²) in [5.74, 6) is 1.31. The van der Waals surface area contributed by atoms with E-state index in [9.17, 15) is 4.79 Å². The molecule has 7 heteroatoms. The van der Waals surface area contributed by atoms with E-state index in [1.807, 2.05) is 31.3 Å². The number of carbonyl (C=O) groups is 1. The van der Waals surface area contributed by atoms with Crippen molar-refractivity contribution in [2.75, 3.05) is 31.6 Å². The van der Waals surface area contributed by atoms with E-state index in [1.54, 1.807) is 0 Å². The normalized spacial score (nSPS) is 19.1. The third kappa shape index (κ3) is 3.99. The molecule has 0 saturated carbocycles. The Morgan fingerprint density at radius 3 is 2.96 bits per heavy atom. The van der Waals surface area contributed by atoms with Crippen LogP contribution >= 0.6 is 0 Å². The van der Waals surface area contributed by atoms with Crippen molar-refractivity contribution in [3.8, 4) is 5.75 Å². The van der Waals surface area contributed by atoms with E-state index in [0.717, 1.165) is 43.3 Å². The Bertz CT molecular complexity index is 847. The monoisotopic (exact) mass is 383 g/mol. The summed E-state index contributed by atoms with van der Waals surface area (Å²) >= 11 is 0. The Morgan fingerprint density at radius 2 is 2.14 bits per heavy atom. The molecule has 7 nitrogen and oxygen atoms in total. The summed E-state index contributed by atoms with van der Waals surface area (Å²) in [4.78, 5) is 17.2. The van der Waals surface area contributed by atoms with Gasteiger partial charge in [0, 0.05) is 26.7 Å². The maximum atomic E-state index is 12.6. The molecule has 0 aliphatic carbocycles. The predicted octanol–water partition coefficient (Wildman–Crippen LogP) is 1.87. The van der Waals surface area contributed by atoms with Crippen molar-refractivity contribution in [3.05, 3.63) is 41.7 Å². The summed E-state index contributed by atoms with van der Waals surface area (Å²) in [5.41, 5.74) is 3.14. The first-order valence-electron chi connectivity index (χ1n) is 10.0. The molecule has 4 rings (SSSR count). The lowest BCUT2D eigenvalue weighted by atomic mass is 10.2. The van der Waals surface area contributed by atoms with Gasteiger partial charge >= 0.3 is 0 Å². The van der Waals surface area contributed by atoms with Gasteiger partial charge in [0.1, 0.15) is 5.75 Å². The molecular weight excluding hydrogens is 354 g/mol. The van der Waals surface area contributed by atoms with Crippen molar-refractivity contribution < 1.29 is 9.53 Å². The molecule has 3 heterocycles. The third-order valence-electron chi connectivity index (χ3n) is 5.27. The molecule has 0 fully saturated rings. The first-order chi connectivity index (χ1) is 13.5. The van der Waals surface area contributed by atoms with Gasteiger partial charge in [-0.1, -0.05) is 26.0 Å². The van der Waals surface area contributed by atoms with Gasteiger partial charge in [0.2, 0.25) is 0 Å². The van der Waals surface area contributed by atoms with Crippen LogP contribution in [0.15, 0.2) is 30.3 Å². The fourth-order valence-electron chi connectivity index (χ4n) is 3.98. The highest BCUT2D eigenvalue weighted by molar-refractivity contribution is 5.83. The number of rotatable bonds is 5. The zero-order valence-electron chi connectivity index (χ0n) is 16.9. The third-order valence-corrected chi connectivity index (χ3v) is 5.27. The molecule has 28 heavy (non-hydrogen) atoms. The van der Waals surface area contributed by atoms with Gasteiger partial charge in [-0.05, 0) is 24.1 Å². The smallest absolute Gasteiger partial charge is 0.263 e. The number of anilines is 1. The topological polar surface area (TPSA) is 62.6 Å². The number of para-hydroxylation sites is 2. The number of carbonyl (C=O) groups excluding carboxylic acids is 1. The summed E-state index contributed by atoms with van der Waals surface area (Å²) in [6, 6.07) is 9.91. The number of hydrogen-bond donors (Lipinski definition) is 1. The number of likely N-dealkylation sites (N-methyl/N-ethyl adjacent to an activating group) is 1. The van der Waals surface area contributed by atoms with E-state index in [0.29, 0.717) is 19.0 Å². The number of hydrogen-bond acceptors (Lipinski definition) is 5. The van der Waals surface area contributed by atoms with Crippen LogP contribution in [0.2, 0.25) is 0 Å². The zero-order valence-corrected chi connectivity index (χ0v) is 16.9. The maximum Gasteiger partial charge on any atom is 0.263 e. The fraction of sp³-hybridized carbons (Fsp3) is 0.524. The van der Waals surface area contributed by atoms with Crippen molar-refractivity contribution >= 4 is 11.6 Å². The van der Waals surface area contributed by atoms with E-state index in [-0.39, 0.29) is 5.91 Å². The number of nitrogens with zero attached hydrogens (tertiary/aromatic N) is 4. The molecule has 1 atom stereocenters. The molecule has 1 amide bonds. The van der Waals surface area contributed by atoms with Crippen molar-refractivity contribution in [2.24, 2.45) is 5.92 Å². The second kappa shape index (κ2) is 7.83. The molecule has 1 aromatic carbocycles. The fourth-order valence-corrected chi connectivity index (χ4v) is 3.98. The average Bonchev–Trinajstić information content (AvgIpc) is 3.07. The number of ether oxygens (including phenoxy) is 1. The lowest BCUT2D eigenvalue weighted by Gasteiger charge is -2.32. The van der Waals surface area contributed by atoms with Crippen molar-refractivity contribution in [1.29, 1.82) is 0 Å². The van der Waals surface area contributed by atoms with Crippen LogP contribution in [0.25, 0.3) is 0 Å². The second-order valence-electron chi connectivity index (χ2n) is 8.15. The lowest BCUT2D eigenvalue weighted by Crippen LogP contribution is -2.47. The van der Waals surface area contributed by atoms with Crippen LogP contribution in [0.3, 0.4) is 0 Å². The molecule has 1 aromatic heterocycles. The molecule has 0 unspecified atom stereocenters. The molecular formula is C21H29N5O2. The average molecular weight is 383 g/mol. The van der Waals surface area contributed by atoms with Gasteiger partial charge in [0.15, 0.2) is 6.10 Å². The summed E-state index contributed by atoms with van der Waals surface area (Å²) in [5, 5.41) is 7.65. The van der Waals surface area contributed by atoms with Gasteiger partial charge in [-0.25, -0.2) is 0 Å². The first kappa shape index (κ1) is 18.8. The quantitative estimate of drug-likeness (QED) is 0.854.